The zero-order chi connectivity index (χ0) is 8.59. The van der Waals surface area contributed by atoms with Crippen LogP contribution in [0.1, 0.15) is 0 Å². The number of rotatable bonds is 0. The monoisotopic (exact) mass is 162 g/mol. The van der Waals surface area contributed by atoms with Crippen LogP contribution in [0.25, 0.3) is 0 Å². The van der Waals surface area contributed by atoms with Gasteiger partial charge in [0.15, 0.2) is 17.5 Å². The summed E-state index contributed by atoms with van der Waals surface area (Å²) in [6.45, 7) is 0. The number of nitrogen functional groups attached to an aromatic ring is 2. The summed E-state index contributed by atoms with van der Waals surface area (Å²) < 4.78 is 37.3. The van der Waals surface area contributed by atoms with Gasteiger partial charge < -0.3 is 11.5 Å². The fourth-order valence-corrected chi connectivity index (χ4v) is 0.627. The summed E-state index contributed by atoms with van der Waals surface area (Å²) in [6.07, 6.45) is 0. The van der Waals surface area contributed by atoms with Crippen molar-refractivity contribution in [2.24, 2.45) is 0 Å². The predicted molar refractivity (Wildman–Crippen MR) is 35.1 cm³/mol. The van der Waals surface area contributed by atoms with Crippen LogP contribution in [0.2, 0.25) is 0 Å². The highest BCUT2D eigenvalue weighted by Crippen LogP contribution is 2.22. The fourth-order valence-electron chi connectivity index (χ4n) is 0.627. The minimum atomic E-state index is -1.44. The quantitative estimate of drug-likeness (QED) is 0.445. The van der Waals surface area contributed by atoms with Crippen molar-refractivity contribution >= 4 is 11.4 Å². The molecule has 0 amide bonds. The van der Waals surface area contributed by atoms with Gasteiger partial charge >= 0.3 is 0 Å². The van der Waals surface area contributed by atoms with Crippen LogP contribution in [0.5, 0.6) is 0 Å². The van der Waals surface area contributed by atoms with Gasteiger partial charge in [-0.25, -0.2) is 13.2 Å². The number of halogens is 3. The van der Waals surface area contributed by atoms with Crippen LogP contribution in [0.3, 0.4) is 0 Å². The molecule has 1 aromatic carbocycles. The van der Waals surface area contributed by atoms with E-state index >= 15 is 0 Å². The lowest BCUT2D eigenvalue weighted by Crippen LogP contribution is -2.02. The number of anilines is 2. The molecule has 0 aliphatic heterocycles. The van der Waals surface area contributed by atoms with Crippen molar-refractivity contribution in [1.29, 1.82) is 0 Å². The first-order chi connectivity index (χ1) is 5.04. The van der Waals surface area contributed by atoms with Gasteiger partial charge in [0, 0.05) is 6.07 Å². The Morgan fingerprint density at radius 2 is 1.55 bits per heavy atom. The Morgan fingerprint density at radius 1 is 1.00 bits per heavy atom. The van der Waals surface area contributed by atoms with Crippen molar-refractivity contribution in [3.05, 3.63) is 23.5 Å². The van der Waals surface area contributed by atoms with Crippen molar-refractivity contribution in [2.45, 2.75) is 0 Å². The van der Waals surface area contributed by atoms with Crippen LogP contribution in [-0.4, -0.2) is 0 Å². The highest BCUT2D eigenvalue weighted by molar-refractivity contribution is 5.52. The maximum atomic E-state index is 12.4. The molecule has 4 N–H and O–H groups in total. The third-order valence-corrected chi connectivity index (χ3v) is 1.22. The largest absolute Gasteiger partial charge is 0.396 e. The zero-order valence-electron chi connectivity index (χ0n) is 5.37. The molecule has 0 radical (unpaired) electrons. The molecule has 0 atom stereocenters. The standard InChI is InChI=1S/C6H5F3N2/c7-2-1-3(10)4(8)5(9)6(2)11/h1H,10-11H2. The van der Waals surface area contributed by atoms with E-state index in [0.717, 1.165) is 0 Å². The van der Waals surface area contributed by atoms with Crippen LogP contribution < -0.4 is 11.5 Å². The third-order valence-electron chi connectivity index (χ3n) is 1.22. The van der Waals surface area contributed by atoms with E-state index in [2.05, 4.69) is 0 Å². The average molecular weight is 162 g/mol. The van der Waals surface area contributed by atoms with Crippen molar-refractivity contribution in [3.8, 4) is 0 Å². The highest BCUT2D eigenvalue weighted by Gasteiger charge is 2.13. The second-order valence-electron chi connectivity index (χ2n) is 1.99. The Labute approximate surface area is 60.6 Å². The van der Waals surface area contributed by atoms with E-state index < -0.39 is 28.8 Å². The molecule has 1 aromatic rings. The molecule has 11 heavy (non-hydrogen) atoms. The van der Waals surface area contributed by atoms with E-state index in [1.54, 1.807) is 0 Å². The van der Waals surface area contributed by atoms with E-state index in [9.17, 15) is 13.2 Å². The number of nitrogens with two attached hydrogens (primary N) is 2. The number of hydrogen-bond donors (Lipinski definition) is 2. The molecule has 0 aliphatic rings. The molecule has 0 fully saturated rings. The van der Waals surface area contributed by atoms with Crippen molar-refractivity contribution in [3.63, 3.8) is 0 Å². The molecular weight excluding hydrogens is 157 g/mol. The molecule has 5 heteroatoms. The minimum absolute atomic E-state index is 0.589. The molecule has 0 bridgehead atoms. The van der Waals surface area contributed by atoms with Gasteiger partial charge in [0.25, 0.3) is 0 Å². The molecule has 0 aliphatic carbocycles. The Balaban J connectivity index is 3.46. The number of benzene rings is 1. The van der Waals surface area contributed by atoms with E-state index in [0.29, 0.717) is 6.07 Å². The van der Waals surface area contributed by atoms with Crippen LogP contribution in [0.15, 0.2) is 6.07 Å². The summed E-state index contributed by atoms with van der Waals surface area (Å²) in [4.78, 5) is 0. The van der Waals surface area contributed by atoms with Crippen LogP contribution >= 0.6 is 0 Å². The molecule has 0 saturated carbocycles. The van der Waals surface area contributed by atoms with Gasteiger partial charge in [-0.1, -0.05) is 0 Å². The van der Waals surface area contributed by atoms with Crippen molar-refractivity contribution < 1.29 is 13.2 Å². The Bertz CT molecular complexity index is 272. The Kier molecular flexibility index (Phi) is 1.64. The molecular formula is C6H5F3N2. The van der Waals surface area contributed by atoms with E-state index in [4.69, 9.17) is 11.5 Å². The maximum absolute atomic E-state index is 12.4. The average Bonchev–Trinajstić information content (AvgIpc) is 1.97. The summed E-state index contributed by atoms with van der Waals surface area (Å²) in [5, 5.41) is 0. The topological polar surface area (TPSA) is 52.0 Å². The molecule has 0 heterocycles. The van der Waals surface area contributed by atoms with Crippen LogP contribution in [0.4, 0.5) is 24.5 Å². The second kappa shape index (κ2) is 2.34. The summed E-state index contributed by atoms with van der Waals surface area (Å²) in [6, 6.07) is 0.633. The van der Waals surface area contributed by atoms with Gasteiger partial charge in [0.1, 0.15) is 5.69 Å². The molecule has 1 rings (SSSR count). The lowest BCUT2D eigenvalue weighted by atomic mass is 10.2. The SMILES string of the molecule is Nc1cc(F)c(N)c(F)c1F. The normalized spacial score (nSPS) is 10.1. The lowest BCUT2D eigenvalue weighted by Gasteiger charge is -2.01. The molecule has 2 nitrogen and oxygen atoms in total. The summed E-state index contributed by atoms with van der Waals surface area (Å²) in [7, 11) is 0. The highest BCUT2D eigenvalue weighted by atomic mass is 19.2. The molecule has 60 valence electrons. The maximum Gasteiger partial charge on any atom is 0.186 e. The van der Waals surface area contributed by atoms with Gasteiger partial charge in [-0.05, 0) is 0 Å². The summed E-state index contributed by atoms with van der Waals surface area (Å²) in [5.41, 5.74) is 8.25. The molecule has 0 spiro atoms. The third kappa shape index (κ3) is 1.09. The minimum Gasteiger partial charge on any atom is -0.396 e. The Hall–Kier alpha value is -1.39. The van der Waals surface area contributed by atoms with Crippen LogP contribution in [-0.2, 0) is 0 Å². The summed E-state index contributed by atoms with van der Waals surface area (Å²) >= 11 is 0. The fraction of sp³-hybridized carbons (Fsp3) is 0. The van der Waals surface area contributed by atoms with E-state index in [1.807, 2.05) is 0 Å². The molecule has 0 unspecified atom stereocenters. The van der Waals surface area contributed by atoms with Crippen LogP contribution in [0, 0.1) is 17.5 Å². The first-order valence-corrected chi connectivity index (χ1v) is 2.72. The molecule has 0 saturated heterocycles. The van der Waals surface area contributed by atoms with E-state index in [1.165, 1.54) is 0 Å². The van der Waals surface area contributed by atoms with Gasteiger partial charge in [-0.2, -0.15) is 0 Å². The van der Waals surface area contributed by atoms with E-state index in [-0.39, 0.29) is 0 Å². The zero-order valence-corrected chi connectivity index (χ0v) is 5.37. The summed E-state index contributed by atoms with van der Waals surface area (Å²) in [5.74, 6) is -3.81. The van der Waals surface area contributed by atoms with Gasteiger partial charge in [0.2, 0.25) is 0 Å². The van der Waals surface area contributed by atoms with Gasteiger partial charge in [-0.15, -0.1) is 0 Å². The second-order valence-corrected chi connectivity index (χ2v) is 1.99. The van der Waals surface area contributed by atoms with Crippen molar-refractivity contribution in [2.75, 3.05) is 11.5 Å². The van der Waals surface area contributed by atoms with Crippen molar-refractivity contribution in [1.82, 2.24) is 0 Å². The van der Waals surface area contributed by atoms with Gasteiger partial charge in [-0.3, -0.25) is 0 Å². The lowest BCUT2D eigenvalue weighted by molar-refractivity contribution is 0.504. The Morgan fingerprint density at radius 3 is 2.09 bits per heavy atom. The first kappa shape index (κ1) is 7.71. The smallest absolute Gasteiger partial charge is 0.186 e. The first-order valence-electron chi connectivity index (χ1n) is 2.72. The van der Waals surface area contributed by atoms with Gasteiger partial charge in [0.05, 0.1) is 5.69 Å². The number of hydrogen-bond acceptors (Lipinski definition) is 2. The predicted octanol–water partition coefficient (Wildman–Crippen LogP) is 1.27. The molecule has 0 aromatic heterocycles.